The molecule has 0 radical (unpaired) electrons. The fourth-order valence-corrected chi connectivity index (χ4v) is 4.24. The first-order chi connectivity index (χ1) is 18.0. The molecule has 0 aromatic heterocycles. The van der Waals surface area contributed by atoms with E-state index in [1.807, 2.05) is 36.4 Å². The molecule has 1 heterocycles. The molecule has 1 N–H and O–H groups in total. The molecule has 7 heteroatoms. The van der Waals surface area contributed by atoms with Crippen LogP contribution in [0.15, 0.2) is 84.4 Å². The highest BCUT2D eigenvalue weighted by Crippen LogP contribution is 2.40. The number of rotatable bonds is 11. The lowest BCUT2D eigenvalue weighted by atomic mass is 9.95. The Bertz CT molecular complexity index is 1270. The van der Waals surface area contributed by atoms with E-state index in [4.69, 9.17) is 14.2 Å². The molecule has 1 fully saturated rings. The average Bonchev–Trinajstić information content (AvgIpc) is 3.17. The van der Waals surface area contributed by atoms with Gasteiger partial charge in [-0.2, -0.15) is 0 Å². The van der Waals surface area contributed by atoms with Crippen molar-refractivity contribution in [1.82, 2.24) is 4.90 Å². The van der Waals surface area contributed by atoms with Crippen molar-refractivity contribution in [2.24, 2.45) is 0 Å². The van der Waals surface area contributed by atoms with E-state index in [2.05, 4.69) is 6.92 Å². The van der Waals surface area contributed by atoms with E-state index in [-0.39, 0.29) is 24.5 Å². The number of para-hydroxylation sites is 1. The molecule has 4 rings (SSSR count). The molecule has 3 aromatic rings. The number of carbonyl (C=O) groups excluding carboxylic acids is 2. The van der Waals surface area contributed by atoms with Crippen molar-refractivity contribution in [2.75, 3.05) is 26.9 Å². The number of aliphatic hydroxyl groups excluding tert-OH is 1. The van der Waals surface area contributed by atoms with Gasteiger partial charge in [0.25, 0.3) is 11.7 Å². The molecule has 37 heavy (non-hydrogen) atoms. The summed E-state index contributed by atoms with van der Waals surface area (Å²) in [5, 5.41) is 11.3. The van der Waals surface area contributed by atoms with Crippen LogP contribution in [0.2, 0.25) is 0 Å². The van der Waals surface area contributed by atoms with Crippen LogP contribution in [0.3, 0.4) is 0 Å². The third-order valence-electron chi connectivity index (χ3n) is 6.10. The number of Topliss-reactive ketones (excluding diaryl/α,β-unsaturated/α-hetero) is 1. The number of methoxy groups -OCH3 is 1. The van der Waals surface area contributed by atoms with E-state index in [1.165, 1.54) is 12.0 Å². The fourth-order valence-electron chi connectivity index (χ4n) is 4.24. The number of aliphatic hydroxyl groups is 1. The van der Waals surface area contributed by atoms with Crippen LogP contribution in [0.4, 0.5) is 0 Å². The number of amides is 1. The number of hydrogen-bond donors (Lipinski definition) is 1. The maximum Gasteiger partial charge on any atom is 0.295 e. The van der Waals surface area contributed by atoms with Gasteiger partial charge in [0.15, 0.2) is 0 Å². The molecule has 3 aromatic carbocycles. The van der Waals surface area contributed by atoms with Gasteiger partial charge in [-0.15, -0.1) is 0 Å². The normalized spacial score (nSPS) is 16.7. The second-order valence-corrected chi connectivity index (χ2v) is 8.70. The second kappa shape index (κ2) is 12.2. The van der Waals surface area contributed by atoms with Crippen molar-refractivity contribution in [3.05, 3.63) is 95.6 Å². The van der Waals surface area contributed by atoms with Crippen molar-refractivity contribution < 1.29 is 28.9 Å². The van der Waals surface area contributed by atoms with Gasteiger partial charge in [0.05, 0.1) is 24.8 Å². The Morgan fingerprint density at radius 3 is 2.38 bits per heavy atom. The van der Waals surface area contributed by atoms with Gasteiger partial charge in [0.2, 0.25) is 0 Å². The number of hydrogen-bond acceptors (Lipinski definition) is 6. The van der Waals surface area contributed by atoms with Gasteiger partial charge >= 0.3 is 0 Å². The first-order valence-electron chi connectivity index (χ1n) is 12.4. The number of carbonyl (C=O) groups is 2. The molecular formula is C30H31NO6. The number of likely N-dealkylation sites (tertiary alicyclic amines) is 1. The second-order valence-electron chi connectivity index (χ2n) is 8.70. The molecule has 0 bridgehead atoms. The summed E-state index contributed by atoms with van der Waals surface area (Å²) in [4.78, 5) is 27.7. The van der Waals surface area contributed by atoms with Crippen LogP contribution in [0.1, 0.15) is 36.9 Å². The predicted molar refractivity (Wildman–Crippen MR) is 141 cm³/mol. The maximum atomic E-state index is 13.2. The first-order valence-corrected chi connectivity index (χ1v) is 12.4. The molecule has 1 aliphatic rings. The smallest absolute Gasteiger partial charge is 0.295 e. The Morgan fingerprint density at radius 1 is 0.892 bits per heavy atom. The molecule has 1 amide bonds. The van der Waals surface area contributed by atoms with E-state index in [1.54, 1.807) is 42.5 Å². The average molecular weight is 502 g/mol. The third-order valence-corrected chi connectivity index (χ3v) is 6.10. The molecule has 0 aliphatic carbocycles. The standard InChI is InChI=1S/C30H31NO6/c1-3-4-17-36-24-14-9-11-22(20-24)28(32)26-27(31(16-18-35-2)30(34)29(26)33)21-10-8-15-25(19-21)37-23-12-6-5-7-13-23/h5-15,19-20,27,32H,3-4,16-18H2,1-2H3/b28-26+. The lowest BCUT2D eigenvalue weighted by Gasteiger charge is -2.25. The molecule has 192 valence electrons. The highest BCUT2D eigenvalue weighted by atomic mass is 16.5. The zero-order valence-corrected chi connectivity index (χ0v) is 21.1. The summed E-state index contributed by atoms with van der Waals surface area (Å²) < 4.78 is 17.0. The highest BCUT2D eigenvalue weighted by Gasteiger charge is 2.46. The Kier molecular flexibility index (Phi) is 8.59. The summed E-state index contributed by atoms with van der Waals surface area (Å²) in [6.07, 6.45) is 1.90. The summed E-state index contributed by atoms with van der Waals surface area (Å²) in [5.41, 5.74) is 1.06. The van der Waals surface area contributed by atoms with E-state index in [9.17, 15) is 14.7 Å². The molecular weight excluding hydrogens is 470 g/mol. The molecule has 0 saturated carbocycles. The summed E-state index contributed by atoms with van der Waals surface area (Å²) >= 11 is 0. The van der Waals surface area contributed by atoms with Crippen molar-refractivity contribution in [1.29, 1.82) is 0 Å². The van der Waals surface area contributed by atoms with Crippen LogP contribution in [-0.2, 0) is 14.3 Å². The Balaban J connectivity index is 1.75. The quantitative estimate of drug-likeness (QED) is 0.156. The molecule has 1 saturated heterocycles. The van der Waals surface area contributed by atoms with E-state index in [0.29, 0.717) is 35.0 Å². The minimum atomic E-state index is -0.806. The van der Waals surface area contributed by atoms with Gasteiger partial charge in [-0.05, 0) is 48.4 Å². The number of nitrogens with zero attached hydrogens (tertiary/aromatic N) is 1. The maximum absolute atomic E-state index is 13.2. The van der Waals surface area contributed by atoms with Gasteiger partial charge in [-0.25, -0.2) is 0 Å². The molecule has 1 aliphatic heterocycles. The van der Waals surface area contributed by atoms with Gasteiger partial charge in [-0.3, -0.25) is 9.59 Å². The zero-order valence-electron chi connectivity index (χ0n) is 21.1. The zero-order chi connectivity index (χ0) is 26.2. The largest absolute Gasteiger partial charge is 0.507 e. The van der Waals surface area contributed by atoms with Gasteiger partial charge in [-0.1, -0.05) is 55.8 Å². The summed E-state index contributed by atoms with van der Waals surface area (Å²) in [7, 11) is 1.53. The van der Waals surface area contributed by atoms with Crippen molar-refractivity contribution in [2.45, 2.75) is 25.8 Å². The Morgan fingerprint density at radius 2 is 1.62 bits per heavy atom. The molecule has 1 unspecified atom stereocenters. The first kappa shape index (κ1) is 26.0. The summed E-state index contributed by atoms with van der Waals surface area (Å²) in [5.74, 6) is 0.110. The van der Waals surface area contributed by atoms with Gasteiger partial charge in [0.1, 0.15) is 23.0 Å². The number of ketones is 1. The topological polar surface area (TPSA) is 85.3 Å². The number of unbranched alkanes of at least 4 members (excludes halogenated alkanes) is 1. The minimum absolute atomic E-state index is 0.0173. The van der Waals surface area contributed by atoms with Crippen LogP contribution in [-0.4, -0.2) is 48.6 Å². The van der Waals surface area contributed by atoms with Crippen molar-refractivity contribution in [3.8, 4) is 17.2 Å². The highest BCUT2D eigenvalue weighted by molar-refractivity contribution is 6.46. The summed E-state index contributed by atoms with van der Waals surface area (Å²) in [6.45, 7) is 3.06. The van der Waals surface area contributed by atoms with E-state index >= 15 is 0 Å². The van der Waals surface area contributed by atoms with E-state index < -0.39 is 17.7 Å². The lowest BCUT2D eigenvalue weighted by Crippen LogP contribution is -2.32. The van der Waals surface area contributed by atoms with E-state index in [0.717, 1.165) is 12.8 Å². The molecule has 7 nitrogen and oxygen atoms in total. The molecule has 0 spiro atoms. The van der Waals surface area contributed by atoms with Crippen molar-refractivity contribution in [3.63, 3.8) is 0 Å². The fraction of sp³-hybridized carbons (Fsp3) is 0.267. The number of benzene rings is 3. The van der Waals surface area contributed by atoms with Crippen LogP contribution in [0.5, 0.6) is 17.2 Å². The van der Waals surface area contributed by atoms with Gasteiger partial charge in [0, 0.05) is 19.2 Å². The summed E-state index contributed by atoms with van der Waals surface area (Å²) in [6, 6.07) is 22.6. The van der Waals surface area contributed by atoms with Crippen LogP contribution < -0.4 is 9.47 Å². The predicted octanol–water partition coefficient (Wildman–Crippen LogP) is 5.73. The molecule has 1 atom stereocenters. The van der Waals surface area contributed by atoms with Gasteiger partial charge < -0.3 is 24.2 Å². The van der Waals surface area contributed by atoms with Crippen LogP contribution >= 0.6 is 0 Å². The minimum Gasteiger partial charge on any atom is -0.507 e. The third kappa shape index (κ3) is 6.01. The monoisotopic (exact) mass is 501 g/mol. The SMILES string of the molecule is CCCCOc1cccc(/C(O)=C2\C(=O)C(=O)N(CCOC)C2c2cccc(Oc3ccccc3)c2)c1. The Hall–Kier alpha value is -4.10. The lowest BCUT2D eigenvalue weighted by molar-refractivity contribution is -0.140. The Labute approximate surface area is 216 Å². The van der Waals surface area contributed by atoms with Crippen LogP contribution in [0, 0.1) is 0 Å². The van der Waals surface area contributed by atoms with Crippen LogP contribution in [0.25, 0.3) is 5.76 Å². The van der Waals surface area contributed by atoms with Crippen molar-refractivity contribution >= 4 is 17.4 Å². The number of ether oxygens (including phenoxy) is 3.